The van der Waals surface area contributed by atoms with Crippen LogP contribution in [0.4, 0.5) is 18.9 Å². The van der Waals surface area contributed by atoms with Gasteiger partial charge in [-0.2, -0.15) is 13.2 Å². The number of carbonyl (C=O) groups is 2. The van der Waals surface area contributed by atoms with E-state index < -0.39 is 64.2 Å². The van der Waals surface area contributed by atoms with Gasteiger partial charge in [0.15, 0.2) is 22.2 Å². The Labute approximate surface area is 249 Å². The lowest BCUT2D eigenvalue weighted by atomic mass is 9.99. The first-order valence-corrected chi connectivity index (χ1v) is 14.9. The highest BCUT2D eigenvalue weighted by molar-refractivity contribution is 7.90. The van der Waals surface area contributed by atoms with Crippen molar-refractivity contribution in [3.05, 3.63) is 71.4 Å². The molecule has 2 aromatic carbocycles. The fraction of sp³-hybridized carbons (Fsp3) is 0.357. The van der Waals surface area contributed by atoms with Crippen LogP contribution < -0.4 is 5.32 Å². The van der Waals surface area contributed by atoms with Gasteiger partial charge in [-0.3, -0.25) is 4.79 Å². The summed E-state index contributed by atoms with van der Waals surface area (Å²) in [4.78, 5) is 24.7. The molecule has 1 aromatic heterocycles. The minimum Gasteiger partial charge on any atom is -0.479 e. The number of carboxylic acids is 1. The average molecular weight is 643 g/mol. The summed E-state index contributed by atoms with van der Waals surface area (Å²) in [5.41, 5.74) is -0.810. The third-order valence-corrected chi connectivity index (χ3v) is 8.16. The average Bonchev–Trinajstić information content (AvgIpc) is 3.27. The van der Waals surface area contributed by atoms with Crippen molar-refractivity contribution in [2.75, 3.05) is 18.2 Å². The van der Waals surface area contributed by atoms with Crippen LogP contribution in [0.1, 0.15) is 21.5 Å². The van der Waals surface area contributed by atoms with E-state index in [4.69, 9.17) is 9.47 Å². The van der Waals surface area contributed by atoms with Crippen LogP contribution >= 0.6 is 0 Å². The second kappa shape index (κ2) is 12.7. The Morgan fingerprint density at radius 1 is 1.02 bits per heavy atom. The molecule has 5 N–H and O–H groups in total. The number of anilines is 1. The molecule has 3 aromatic rings. The molecule has 12 nitrogen and oxygen atoms in total. The molecule has 0 aliphatic carbocycles. The van der Waals surface area contributed by atoms with E-state index in [2.05, 4.69) is 5.32 Å². The molecular formula is C28H29F3N2O10S. The van der Waals surface area contributed by atoms with Gasteiger partial charge in [0.05, 0.1) is 28.3 Å². The zero-order valence-electron chi connectivity index (χ0n) is 23.2. The molecule has 1 amide bonds. The Bertz CT molecular complexity index is 1640. The predicted molar refractivity (Wildman–Crippen MR) is 147 cm³/mol. The van der Waals surface area contributed by atoms with E-state index in [0.717, 1.165) is 12.3 Å². The summed E-state index contributed by atoms with van der Waals surface area (Å²) in [5.74, 6) is -2.32. The van der Waals surface area contributed by atoms with Gasteiger partial charge in [-0.05, 0) is 42.8 Å². The maximum Gasteiger partial charge on any atom is 0.417 e. The number of aliphatic hydroxyl groups is 3. The Morgan fingerprint density at radius 3 is 2.25 bits per heavy atom. The number of rotatable bonds is 9. The summed E-state index contributed by atoms with van der Waals surface area (Å²) in [5, 5.41) is 41.9. The Kier molecular flexibility index (Phi) is 9.53. The number of carboxylic acid groups (broad SMARTS) is 1. The molecule has 1 fully saturated rings. The number of hydrogen-bond acceptors (Lipinski definition) is 9. The Hall–Kier alpha value is -3.80. The molecular weight excluding hydrogens is 613 g/mol. The van der Waals surface area contributed by atoms with Crippen LogP contribution in [0.3, 0.4) is 0 Å². The number of amides is 1. The largest absolute Gasteiger partial charge is 0.479 e. The summed E-state index contributed by atoms with van der Waals surface area (Å²) >= 11 is 0. The quantitative estimate of drug-likeness (QED) is 0.231. The van der Waals surface area contributed by atoms with Gasteiger partial charge in [-0.15, -0.1) is 0 Å². The fourth-order valence-corrected chi connectivity index (χ4v) is 5.43. The molecule has 2 heterocycles. The van der Waals surface area contributed by atoms with Crippen molar-refractivity contribution in [1.82, 2.24) is 4.57 Å². The number of aromatic nitrogens is 1. The Morgan fingerprint density at radius 2 is 1.66 bits per heavy atom. The van der Waals surface area contributed by atoms with Crippen LogP contribution in [0.15, 0.2) is 59.6 Å². The molecule has 4 rings (SSSR count). The highest BCUT2D eigenvalue weighted by Gasteiger charge is 2.47. The summed E-state index contributed by atoms with van der Waals surface area (Å²) in [6, 6.07) is 10.0. The van der Waals surface area contributed by atoms with E-state index in [0.29, 0.717) is 0 Å². The van der Waals surface area contributed by atoms with Crippen LogP contribution in [0.2, 0.25) is 0 Å². The lowest BCUT2D eigenvalue weighted by molar-refractivity contribution is -0.294. The van der Waals surface area contributed by atoms with Gasteiger partial charge in [-0.25, -0.2) is 13.2 Å². The molecule has 0 spiro atoms. The second-order valence-corrected chi connectivity index (χ2v) is 12.1. The monoisotopic (exact) mass is 642 g/mol. The number of aliphatic hydroxyl groups excluding tert-OH is 3. The third kappa shape index (κ3) is 6.95. The van der Waals surface area contributed by atoms with Crippen molar-refractivity contribution in [3.63, 3.8) is 0 Å². The van der Waals surface area contributed by atoms with Gasteiger partial charge in [0.25, 0.3) is 5.91 Å². The zero-order valence-corrected chi connectivity index (χ0v) is 24.0. The highest BCUT2D eigenvalue weighted by atomic mass is 32.2. The molecule has 0 radical (unpaired) electrons. The van der Waals surface area contributed by atoms with Crippen molar-refractivity contribution >= 4 is 27.4 Å². The van der Waals surface area contributed by atoms with Crippen LogP contribution in [-0.2, 0) is 36.8 Å². The summed E-state index contributed by atoms with van der Waals surface area (Å²) < 4.78 is 77.2. The van der Waals surface area contributed by atoms with Crippen molar-refractivity contribution in [2.24, 2.45) is 0 Å². The van der Waals surface area contributed by atoms with Gasteiger partial charge >= 0.3 is 12.1 Å². The van der Waals surface area contributed by atoms with Gasteiger partial charge in [0.1, 0.15) is 18.3 Å². The molecule has 0 unspecified atom stereocenters. The molecule has 1 saturated heterocycles. The normalized spacial score (nSPS) is 22.5. The maximum atomic E-state index is 14.0. The van der Waals surface area contributed by atoms with Gasteiger partial charge < -0.3 is 39.8 Å². The first kappa shape index (κ1) is 33.1. The van der Waals surface area contributed by atoms with Crippen molar-refractivity contribution in [3.8, 4) is 11.3 Å². The first-order valence-electron chi connectivity index (χ1n) is 13.0. The van der Waals surface area contributed by atoms with Crippen LogP contribution in [0.5, 0.6) is 0 Å². The van der Waals surface area contributed by atoms with Crippen molar-refractivity contribution in [1.29, 1.82) is 0 Å². The number of sulfone groups is 1. The SMILES string of the molecule is Cc1c(C(=O)Nc2ccc(S(C)(=O)=O)cc2)cn(CCO[C@@H]2O[C@H](C(=O)O)[C@@H](O)[C@H](O)[C@H]2O)c1-c1ccccc1C(F)(F)F. The van der Waals surface area contributed by atoms with Gasteiger partial charge in [0.2, 0.25) is 0 Å². The van der Waals surface area contributed by atoms with E-state index >= 15 is 0 Å². The molecule has 5 atom stereocenters. The minimum absolute atomic E-state index is 0.0115. The minimum atomic E-state index is -4.75. The number of aliphatic carboxylic acids is 1. The van der Waals surface area contributed by atoms with E-state index in [1.807, 2.05) is 0 Å². The van der Waals surface area contributed by atoms with E-state index in [-0.39, 0.29) is 46.1 Å². The number of nitrogens with zero attached hydrogens (tertiary/aromatic N) is 1. The number of halogens is 3. The number of benzene rings is 2. The molecule has 1 aliphatic heterocycles. The number of hydrogen-bond donors (Lipinski definition) is 5. The topological polar surface area (TPSA) is 185 Å². The predicted octanol–water partition coefficient (Wildman–Crippen LogP) is 2.05. The Balaban J connectivity index is 1.65. The molecule has 44 heavy (non-hydrogen) atoms. The summed E-state index contributed by atoms with van der Waals surface area (Å²) in [6.45, 7) is 0.840. The number of alkyl halides is 3. The second-order valence-electron chi connectivity index (χ2n) is 10.1. The zero-order chi connectivity index (χ0) is 32.6. The molecule has 238 valence electrons. The van der Waals surface area contributed by atoms with E-state index in [1.54, 1.807) is 0 Å². The standard InChI is InChI=1S/C28H29F3N2O10S/c1-14-18(25(37)32-15-7-9-16(10-8-15)44(2,40)41)13-33(20(14)17-5-3-4-6-19(17)28(29,30)31)11-12-42-27-23(36)21(34)22(35)24(43-27)26(38)39/h3-10,13,21-24,27,34-36H,11-12H2,1-2H3,(H,32,37)(H,38,39)/t21-,22-,23+,24-,27+/m0/s1. The smallest absolute Gasteiger partial charge is 0.417 e. The fourth-order valence-electron chi connectivity index (χ4n) is 4.80. The van der Waals surface area contributed by atoms with Crippen LogP contribution in [0.25, 0.3) is 11.3 Å². The van der Waals surface area contributed by atoms with Crippen molar-refractivity contribution < 1.29 is 61.1 Å². The van der Waals surface area contributed by atoms with E-state index in [1.165, 1.54) is 60.2 Å². The number of ether oxygens (including phenoxy) is 2. The van der Waals surface area contributed by atoms with E-state index in [9.17, 15) is 51.6 Å². The summed E-state index contributed by atoms with van der Waals surface area (Å²) in [7, 11) is -3.49. The third-order valence-electron chi connectivity index (χ3n) is 7.03. The molecule has 16 heteroatoms. The van der Waals surface area contributed by atoms with Crippen LogP contribution in [0, 0.1) is 6.92 Å². The van der Waals surface area contributed by atoms with Crippen molar-refractivity contribution in [2.45, 2.75) is 55.2 Å². The lowest BCUT2D eigenvalue weighted by Gasteiger charge is -2.38. The number of nitrogens with one attached hydrogen (secondary N) is 1. The van der Waals surface area contributed by atoms with Gasteiger partial charge in [0, 0.05) is 30.2 Å². The summed E-state index contributed by atoms with van der Waals surface area (Å²) in [6.07, 6.45) is -11.7. The number of carbonyl (C=O) groups excluding carboxylic acids is 1. The first-order chi connectivity index (χ1) is 20.5. The maximum absolute atomic E-state index is 14.0. The molecule has 1 aliphatic rings. The molecule has 0 bridgehead atoms. The van der Waals surface area contributed by atoms with Gasteiger partial charge in [-0.1, -0.05) is 18.2 Å². The highest BCUT2D eigenvalue weighted by Crippen LogP contribution is 2.39. The molecule has 0 saturated carbocycles. The van der Waals surface area contributed by atoms with Crippen LogP contribution in [-0.4, -0.2) is 88.9 Å². The lowest BCUT2D eigenvalue weighted by Crippen LogP contribution is -2.60.